The Labute approximate surface area is 133 Å². The lowest BCUT2D eigenvalue weighted by Gasteiger charge is -2.08. The fraction of sp³-hybridized carbons (Fsp3) is 0. The van der Waals surface area contributed by atoms with Gasteiger partial charge in [-0.1, -0.05) is 30.3 Å². The Kier molecular flexibility index (Phi) is 4.29. The molecule has 3 aromatic rings. The summed E-state index contributed by atoms with van der Waals surface area (Å²) < 4.78 is 13.6. The Hall–Kier alpha value is -3.21. The highest BCUT2D eigenvalue weighted by molar-refractivity contribution is 6.03. The molecule has 0 fully saturated rings. The summed E-state index contributed by atoms with van der Waals surface area (Å²) in [6.07, 6.45) is 1.53. The van der Waals surface area contributed by atoms with Crippen LogP contribution in [0.25, 0.3) is 0 Å². The summed E-state index contributed by atoms with van der Waals surface area (Å²) in [7, 11) is 0. The van der Waals surface area contributed by atoms with Crippen molar-refractivity contribution in [1.29, 1.82) is 0 Å². The standard InChI is InChI=1S/C18H14FN3O/c19-15-8-4-5-9-16(15)21-14-10-11-17(20-12-14)22-18(23)13-6-2-1-3-7-13/h1-12,21H,(H,20,22,23). The number of halogens is 1. The van der Waals surface area contributed by atoms with Gasteiger partial charge < -0.3 is 10.6 Å². The van der Waals surface area contributed by atoms with Crippen LogP contribution in [0.4, 0.5) is 21.6 Å². The van der Waals surface area contributed by atoms with E-state index in [0.29, 0.717) is 22.8 Å². The molecule has 0 spiro atoms. The molecule has 0 aliphatic carbocycles. The largest absolute Gasteiger partial charge is 0.352 e. The normalized spacial score (nSPS) is 10.1. The topological polar surface area (TPSA) is 54.0 Å². The van der Waals surface area contributed by atoms with Crippen LogP contribution < -0.4 is 10.6 Å². The van der Waals surface area contributed by atoms with Crippen LogP contribution in [0.5, 0.6) is 0 Å². The van der Waals surface area contributed by atoms with Gasteiger partial charge in [0.2, 0.25) is 0 Å². The number of hydrogen-bond donors (Lipinski definition) is 2. The maximum Gasteiger partial charge on any atom is 0.256 e. The second-order valence-corrected chi connectivity index (χ2v) is 4.86. The fourth-order valence-electron chi connectivity index (χ4n) is 2.04. The zero-order chi connectivity index (χ0) is 16.1. The van der Waals surface area contributed by atoms with E-state index in [1.165, 1.54) is 12.3 Å². The highest BCUT2D eigenvalue weighted by Crippen LogP contribution is 2.19. The number of hydrogen-bond acceptors (Lipinski definition) is 3. The van der Waals surface area contributed by atoms with Gasteiger partial charge in [0.25, 0.3) is 5.91 Å². The van der Waals surface area contributed by atoms with Crippen LogP contribution >= 0.6 is 0 Å². The average molecular weight is 307 g/mol. The molecule has 2 aromatic carbocycles. The summed E-state index contributed by atoms with van der Waals surface area (Å²) >= 11 is 0. The summed E-state index contributed by atoms with van der Waals surface area (Å²) in [5.41, 5.74) is 1.56. The van der Waals surface area contributed by atoms with Gasteiger partial charge in [-0.05, 0) is 36.4 Å². The van der Waals surface area contributed by atoms with Crippen molar-refractivity contribution in [3.8, 4) is 0 Å². The first-order valence-corrected chi connectivity index (χ1v) is 7.06. The zero-order valence-electron chi connectivity index (χ0n) is 12.2. The minimum Gasteiger partial charge on any atom is -0.352 e. The first kappa shape index (κ1) is 14.7. The summed E-state index contributed by atoms with van der Waals surface area (Å²) in [4.78, 5) is 16.2. The van der Waals surface area contributed by atoms with Crippen LogP contribution in [-0.4, -0.2) is 10.9 Å². The molecule has 0 saturated heterocycles. The van der Waals surface area contributed by atoms with Gasteiger partial charge in [0.1, 0.15) is 11.6 Å². The molecule has 4 nitrogen and oxygen atoms in total. The number of carbonyl (C=O) groups excluding carboxylic acids is 1. The minimum atomic E-state index is -0.339. The number of nitrogens with one attached hydrogen (secondary N) is 2. The number of amides is 1. The van der Waals surface area contributed by atoms with E-state index >= 15 is 0 Å². The van der Waals surface area contributed by atoms with Crippen molar-refractivity contribution in [3.05, 3.63) is 84.3 Å². The molecule has 0 aliphatic rings. The van der Waals surface area contributed by atoms with E-state index in [-0.39, 0.29) is 11.7 Å². The van der Waals surface area contributed by atoms with Gasteiger partial charge in [-0.3, -0.25) is 4.79 Å². The van der Waals surface area contributed by atoms with Crippen LogP contribution in [-0.2, 0) is 0 Å². The highest BCUT2D eigenvalue weighted by Gasteiger charge is 2.06. The molecule has 0 radical (unpaired) electrons. The Morgan fingerprint density at radius 2 is 1.65 bits per heavy atom. The Morgan fingerprint density at radius 1 is 0.913 bits per heavy atom. The number of benzene rings is 2. The number of aromatic nitrogens is 1. The Balaban J connectivity index is 1.68. The molecule has 1 aromatic heterocycles. The van der Waals surface area contributed by atoms with E-state index in [4.69, 9.17) is 0 Å². The summed E-state index contributed by atoms with van der Waals surface area (Å²) in [6.45, 7) is 0. The summed E-state index contributed by atoms with van der Waals surface area (Å²) in [6, 6.07) is 18.7. The third kappa shape index (κ3) is 3.71. The van der Waals surface area contributed by atoms with Crippen molar-refractivity contribution in [3.63, 3.8) is 0 Å². The lowest BCUT2D eigenvalue weighted by Crippen LogP contribution is -2.12. The maximum atomic E-state index is 13.6. The minimum absolute atomic E-state index is 0.229. The van der Waals surface area contributed by atoms with E-state index in [1.807, 2.05) is 6.07 Å². The van der Waals surface area contributed by atoms with Gasteiger partial charge >= 0.3 is 0 Å². The molecule has 114 valence electrons. The van der Waals surface area contributed by atoms with Crippen molar-refractivity contribution < 1.29 is 9.18 Å². The van der Waals surface area contributed by atoms with Crippen LogP contribution in [0.1, 0.15) is 10.4 Å². The predicted octanol–water partition coefficient (Wildman–Crippen LogP) is 4.22. The van der Waals surface area contributed by atoms with Crippen LogP contribution in [0, 0.1) is 5.82 Å². The predicted molar refractivity (Wildman–Crippen MR) is 88.3 cm³/mol. The quantitative estimate of drug-likeness (QED) is 0.759. The van der Waals surface area contributed by atoms with Crippen LogP contribution in [0.3, 0.4) is 0 Å². The SMILES string of the molecule is O=C(Nc1ccc(Nc2ccccc2F)cn1)c1ccccc1. The highest BCUT2D eigenvalue weighted by atomic mass is 19.1. The van der Waals surface area contributed by atoms with Crippen molar-refractivity contribution >= 4 is 23.1 Å². The molecule has 0 aliphatic heterocycles. The maximum absolute atomic E-state index is 13.6. The van der Waals surface area contributed by atoms with Crippen LogP contribution in [0.2, 0.25) is 0 Å². The molecule has 5 heteroatoms. The van der Waals surface area contributed by atoms with E-state index in [2.05, 4.69) is 15.6 Å². The van der Waals surface area contributed by atoms with Crippen molar-refractivity contribution in [2.45, 2.75) is 0 Å². The average Bonchev–Trinajstić information content (AvgIpc) is 2.59. The Morgan fingerprint density at radius 3 is 2.35 bits per heavy atom. The van der Waals surface area contributed by atoms with Gasteiger partial charge in [0.05, 0.1) is 17.6 Å². The first-order valence-electron chi connectivity index (χ1n) is 7.06. The number of pyridine rings is 1. The number of rotatable bonds is 4. The molecule has 2 N–H and O–H groups in total. The Bertz CT molecular complexity index is 804. The number of para-hydroxylation sites is 1. The number of nitrogens with zero attached hydrogens (tertiary/aromatic N) is 1. The summed E-state index contributed by atoms with van der Waals surface area (Å²) in [5, 5.41) is 5.64. The lowest BCUT2D eigenvalue weighted by atomic mass is 10.2. The third-order valence-corrected chi connectivity index (χ3v) is 3.19. The molecule has 0 atom stereocenters. The molecule has 0 bridgehead atoms. The van der Waals surface area contributed by atoms with Gasteiger partial charge in [-0.25, -0.2) is 9.37 Å². The van der Waals surface area contributed by atoms with Crippen LogP contribution in [0.15, 0.2) is 72.9 Å². The second-order valence-electron chi connectivity index (χ2n) is 4.86. The molecule has 23 heavy (non-hydrogen) atoms. The molecule has 1 heterocycles. The second kappa shape index (κ2) is 6.70. The molecule has 0 saturated carbocycles. The third-order valence-electron chi connectivity index (χ3n) is 3.19. The number of carbonyl (C=O) groups is 1. The molecular formula is C18H14FN3O. The monoisotopic (exact) mass is 307 g/mol. The van der Waals surface area contributed by atoms with E-state index in [0.717, 1.165) is 0 Å². The van der Waals surface area contributed by atoms with Gasteiger partial charge in [-0.2, -0.15) is 0 Å². The van der Waals surface area contributed by atoms with Crippen molar-refractivity contribution in [1.82, 2.24) is 4.98 Å². The molecule has 3 rings (SSSR count). The zero-order valence-corrected chi connectivity index (χ0v) is 12.2. The first-order chi connectivity index (χ1) is 11.2. The van der Waals surface area contributed by atoms with Gasteiger partial charge in [-0.15, -0.1) is 0 Å². The number of anilines is 3. The van der Waals surface area contributed by atoms with Crippen molar-refractivity contribution in [2.24, 2.45) is 0 Å². The fourth-order valence-corrected chi connectivity index (χ4v) is 2.04. The smallest absolute Gasteiger partial charge is 0.256 e. The van der Waals surface area contributed by atoms with Gasteiger partial charge in [0, 0.05) is 5.56 Å². The molecule has 1 amide bonds. The lowest BCUT2D eigenvalue weighted by molar-refractivity contribution is 0.102. The van der Waals surface area contributed by atoms with Gasteiger partial charge in [0.15, 0.2) is 0 Å². The summed E-state index contributed by atoms with van der Waals surface area (Å²) in [5.74, 6) is -0.139. The van der Waals surface area contributed by atoms with E-state index in [1.54, 1.807) is 54.6 Å². The molecule has 0 unspecified atom stereocenters. The van der Waals surface area contributed by atoms with E-state index in [9.17, 15) is 9.18 Å². The molecular weight excluding hydrogens is 293 g/mol. The van der Waals surface area contributed by atoms with Crippen molar-refractivity contribution in [2.75, 3.05) is 10.6 Å². The van der Waals surface area contributed by atoms with E-state index < -0.39 is 0 Å².